The minimum Gasteiger partial charge on any atom is -0.396 e. The van der Waals surface area contributed by atoms with Crippen molar-refractivity contribution in [2.45, 2.75) is 11.8 Å². The van der Waals surface area contributed by atoms with Crippen LogP contribution in [0.4, 0.5) is 21.5 Å². The summed E-state index contributed by atoms with van der Waals surface area (Å²) in [5.41, 5.74) is 7.82. The molecule has 0 radical (unpaired) electrons. The molecule has 0 saturated heterocycles. The molecule has 112 valence electrons. The zero-order valence-electron chi connectivity index (χ0n) is 11.4. The highest BCUT2D eigenvalue weighted by Crippen LogP contribution is 2.32. The molecule has 0 unspecified atom stereocenters. The van der Waals surface area contributed by atoms with Gasteiger partial charge >= 0.3 is 0 Å². The SMILES string of the molecule is Cc1cc(F)c(Br)cc1Nc1cccc(S(C)(=O)=O)c1N. The normalized spacial score (nSPS) is 11.4. The van der Waals surface area contributed by atoms with Gasteiger partial charge in [-0.2, -0.15) is 0 Å². The number of hydrogen-bond acceptors (Lipinski definition) is 4. The lowest BCUT2D eigenvalue weighted by atomic mass is 10.2. The molecule has 4 nitrogen and oxygen atoms in total. The number of sulfone groups is 1. The van der Waals surface area contributed by atoms with Crippen molar-refractivity contribution in [2.24, 2.45) is 0 Å². The molecule has 0 aliphatic rings. The topological polar surface area (TPSA) is 72.2 Å². The van der Waals surface area contributed by atoms with Gasteiger partial charge in [-0.1, -0.05) is 6.07 Å². The maximum absolute atomic E-state index is 13.4. The fourth-order valence-corrected chi connectivity index (χ4v) is 3.08. The number of anilines is 3. The molecule has 0 saturated carbocycles. The van der Waals surface area contributed by atoms with Crippen molar-refractivity contribution >= 4 is 42.8 Å². The van der Waals surface area contributed by atoms with Crippen LogP contribution in [0.25, 0.3) is 0 Å². The molecular weight excluding hydrogens is 359 g/mol. The summed E-state index contributed by atoms with van der Waals surface area (Å²) in [6.45, 7) is 1.74. The molecule has 0 amide bonds. The largest absolute Gasteiger partial charge is 0.396 e. The van der Waals surface area contributed by atoms with Gasteiger partial charge in [-0.05, 0) is 52.7 Å². The van der Waals surface area contributed by atoms with Crippen LogP contribution in [0.3, 0.4) is 0 Å². The van der Waals surface area contributed by atoms with Crippen LogP contribution >= 0.6 is 15.9 Å². The number of benzene rings is 2. The molecule has 0 aromatic heterocycles. The summed E-state index contributed by atoms with van der Waals surface area (Å²) in [6.07, 6.45) is 1.10. The minimum atomic E-state index is -3.41. The summed E-state index contributed by atoms with van der Waals surface area (Å²) in [5.74, 6) is -0.365. The van der Waals surface area contributed by atoms with E-state index in [1.165, 1.54) is 12.1 Å². The van der Waals surface area contributed by atoms with Gasteiger partial charge in [0.25, 0.3) is 0 Å². The lowest BCUT2D eigenvalue weighted by molar-refractivity contribution is 0.602. The van der Waals surface area contributed by atoms with E-state index in [0.717, 1.165) is 6.26 Å². The molecule has 0 aliphatic heterocycles. The van der Waals surface area contributed by atoms with Gasteiger partial charge in [0.05, 0.1) is 20.7 Å². The number of nitrogens with two attached hydrogens (primary N) is 1. The van der Waals surface area contributed by atoms with Crippen molar-refractivity contribution in [3.8, 4) is 0 Å². The molecule has 7 heteroatoms. The number of para-hydroxylation sites is 1. The molecule has 2 aromatic rings. The number of nitrogen functional groups attached to an aromatic ring is 1. The smallest absolute Gasteiger partial charge is 0.177 e. The Kier molecular flexibility index (Phi) is 4.25. The van der Waals surface area contributed by atoms with E-state index in [9.17, 15) is 12.8 Å². The third-order valence-corrected chi connectivity index (χ3v) is 4.76. The van der Waals surface area contributed by atoms with Gasteiger partial charge < -0.3 is 11.1 Å². The second kappa shape index (κ2) is 5.65. The van der Waals surface area contributed by atoms with Crippen LogP contribution in [0.5, 0.6) is 0 Å². The minimum absolute atomic E-state index is 0.0614. The molecule has 0 fully saturated rings. The third kappa shape index (κ3) is 3.36. The Morgan fingerprint density at radius 1 is 1.24 bits per heavy atom. The van der Waals surface area contributed by atoms with Crippen molar-refractivity contribution in [3.05, 3.63) is 46.2 Å². The second-order valence-electron chi connectivity index (χ2n) is 4.70. The number of nitrogens with one attached hydrogen (secondary N) is 1. The fraction of sp³-hybridized carbons (Fsp3) is 0.143. The van der Waals surface area contributed by atoms with Crippen LogP contribution in [0.1, 0.15) is 5.56 Å². The number of hydrogen-bond donors (Lipinski definition) is 2. The Bertz CT molecular complexity index is 807. The highest BCUT2D eigenvalue weighted by Gasteiger charge is 2.15. The number of rotatable bonds is 3. The van der Waals surface area contributed by atoms with Gasteiger partial charge in [0.2, 0.25) is 0 Å². The maximum atomic E-state index is 13.4. The first-order chi connectivity index (χ1) is 9.70. The summed E-state index contributed by atoms with van der Waals surface area (Å²) < 4.78 is 37.1. The van der Waals surface area contributed by atoms with Crippen LogP contribution < -0.4 is 11.1 Å². The Hall–Kier alpha value is -1.60. The Morgan fingerprint density at radius 2 is 1.90 bits per heavy atom. The summed E-state index contributed by atoms with van der Waals surface area (Å²) in [4.78, 5) is 0.0614. The molecule has 0 bridgehead atoms. The van der Waals surface area contributed by atoms with Crippen LogP contribution in [0, 0.1) is 12.7 Å². The van der Waals surface area contributed by atoms with Crippen molar-refractivity contribution in [1.82, 2.24) is 0 Å². The molecule has 2 aromatic carbocycles. The van der Waals surface area contributed by atoms with E-state index in [1.54, 1.807) is 25.1 Å². The van der Waals surface area contributed by atoms with E-state index >= 15 is 0 Å². The van der Waals surface area contributed by atoms with Gasteiger partial charge in [0, 0.05) is 11.9 Å². The standard InChI is InChI=1S/C14H14BrFN2O2S/c1-8-6-10(16)9(15)7-12(8)18-11-4-3-5-13(14(11)17)21(2,19)20/h3-7,18H,17H2,1-2H3. The average Bonchev–Trinajstić information content (AvgIpc) is 2.36. The van der Waals surface area contributed by atoms with E-state index in [0.29, 0.717) is 21.4 Å². The Morgan fingerprint density at radius 3 is 2.52 bits per heavy atom. The molecule has 21 heavy (non-hydrogen) atoms. The average molecular weight is 373 g/mol. The number of halogens is 2. The number of aryl methyl sites for hydroxylation is 1. The lowest BCUT2D eigenvalue weighted by Gasteiger charge is -2.14. The lowest BCUT2D eigenvalue weighted by Crippen LogP contribution is -2.05. The van der Waals surface area contributed by atoms with Crippen LogP contribution in [-0.4, -0.2) is 14.7 Å². The summed E-state index contributed by atoms with van der Waals surface area (Å²) >= 11 is 3.12. The third-order valence-electron chi connectivity index (χ3n) is 3.00. The summed E-state index contributed by atoms with van der Waals surface area (Å²) in [5, 5.41) is 3.03. The van der Waals surface area contributed by atoms with E-state index in [-0.39, 0.29) is 16.4 Å². The highest BCUT2D eigenvalue weighted by atomic mass is 79.9. The van der Waals surface area contributed by atoms with E-state index < -0.39 is 9.84 Å². The van der Waals surface area contributed by atoms with Gasteiger partial charge in [0.15, 0.2) is 9.84 Å². The predicted octanol–water partition coefficient (Wildman–Crippen LogP) is 3.63. The van der Waals surface area contributed by atoms with Crippen LogP contribution in [0.2, 0.25) is 0 Å². The van der Waals surface area contributed by atoms with Crippen molar-refractivity contribution in [1.29, 1.82) is 0 Å². The molecular formula is C14H14BrFN2O2S. The molecule has 0 spiro atoms. The van der Waals surface area contributed by atoms with Gasteiger partial charge in [-0.15, -0.1) is 0 Å². The first-order valence-electron chi connectivity index (χ1n) is 6.01. The first kappa shape index (κ1) is 15.8. The quantitative estimate of drug-likeness (QED) is 0.806. The summed E-state index contributed by atoms with van der Waals surface area (Å²) in [7, 11) is -3.41. The van der Waals surface area contributed by atoms with Crippen LogP contribution in [-0.2, 0) is 9.84 Å². The van der Waals surface area contributed by atoms with Gasteiger partial charge in [-0.3, -0.25) is 0 Å². The van der Waals surface area contributed by atoms with Crippen molar-refractivity contribution in [2.75, 3.05) is 17.3 Å². The van der Waals surface area contributed by atoms with Crippen LogP contribution in [0.15, 0.2) is 39.7 Å². The molecule has 0 aliphatic carbocycles. The summed E-state index contributed by atoms with van der Waals surface area (Å²) in [6, 6.07) is 7.67. The molecule has 0 atom stereocenters. The Balaban J connectivity index is 2.49. The van der Waals surface area contributed by atoms with E-state index in [2.05, 4.69) is 21.2 Å². The second-order valence-corrected chi connectivity index (χ2v) is 7.53. The maximum Gasteiger partial charge on any atom is 0.177 e. The first-order valence-corrected chi connectivity index (χ1v) is 8.70. The van der Waals surface area contributed by atoms with Crippen molar-refractivity contribution < 1.29 is 12.8 Å². The zero-order valence-corrected chi connectivity index (χ0v) is 13.8. The monoisotopic (exact) mass is 372 g/mol. The Labute approximate surface area is 131 Å². The zero-order chi connectivity index (χ0) is 15.8. The fourth-order valence-electron chi connectivity index (χ4n) is 1.90. The predicted molar refractivity (Wildman–Crippen MR) is 86.1 cm³/mol. The highest BCUT2D eigenvalue weighted by molar-refractivity contribution is 9.10. The molecule has 2 rings (SSSR count). The van der Waals surface area contributed by atoms with Gasteiger partial charge in [-0.25, -0.2) is 12.8 Å². The van der Waals surface area contributed by atoms with Gasteiger partial charge in [0.1, 0.15) is 5.82 Å². The molecule has 0 heterocycles. The van der Waals surface area contributed by atoms with E-state index in [4.69, 9.17) is 5.73 Å². The molecule has 3 N–H and O–H groups in total. The van der Waals surface area contributed by atoms with Crippen molar-refractivity contribution in [3.63, 3.8) is 0 Å². The van der Waals surface area contributed by atoms with E-state index in [1.807, 2.05) is 0 Å².